The molecule has 1 rings (SSSR count). The van der Waals surface area contributed by atoms with E-state index in [0.29, 0.717) is 6.42 Å². The van der Waals surface area contributed by atoms with Crippen molar-refractivity contribution in [3.05, 3.63) is 35.6 Å². The number of hydrogen-bond acceptors (Lipinski definition) is 3. The molecule has 0 atom stereocenters. The van der Waals surface area contributed by atoms with Crippen molar-refractivity contribution in [2.24, 2.45) is 0 Å². The molecule has 0 aliphatic carbocycles. The second-order valence-electron chi connectivity index (χ2n) is 4.43. The number of imide groups is 1. The van der Waals surface area contributed by atoms with Gasteiger partial charge in [0, 0.05) is 19.4 Å². The lowest BCUT2D eigenvalue weighted by molar-refractivity contribution is -0.137. The van der Waals surface area contributed by atoms with E-state index < -0.39 is 17.9 Å². The third-order valence-corrected chi connectivity index (χ3v) is 2.64. The van der Waals surface area contributed by atoms with Crippen LogP contribution < -0.4 is 10.6 Å². The highest BCUT2D eigenvalue weighted by Crippen LogP contribution is 2.03. The predicted molar refractivity (Wildman–Crippen MR) is 73.1 cm³/mol. The van der Waals surface area contributed by atoms with Crippen LogP contribution in [0.3, 0.4) is 0 Å². The number of amides is 3. The van der Waals surface area contributed by atoms with E-state index in [1.807, 2.05) is 0 Å². The first kappa shape index (κ1) is 16.6. The molecular weight excluding hydrogens is 279 g/mol. The quantitative estimate of drug-likeness (QED) is 0.709. The van der Waals surface area contributed by atoms with Gasteiger partial charge in [-0.05, 0) is 30.5 Å². The summed E-state index contributed by atoms with van der Waals surface area (Å²) in [6.07, 6.45) is 0.481. The fraction of sp³-hybridized carbons (Fsp3) is 0.357. The first-order valence-electron chi connectivity index (χ1n) is 6.51. The first-order chi connectivity index (χ1) is 9.97. The molecule has 6 nitrogen and oxygen atoms in total. The van der Waals surface area contributed by atoms with Gasteiger partial charge in [0.05, 0.1) is 0 Å². The molecule has 0 aliphatic rings. The van der Waals surface area contributed by atoms with E-state index >= 15 is 0 Å². The van der Waals surface area contributed by atoms with Crippen molar-refractivity contribution in [3.63, 3.8) is 0 Å². The second-order valence-corrected chi connectivity index (χ2v) is 4.43. The molecule has 1 aromatic carbocycles. The number of carbonyl (C=O) groups excluding carboxylic acids is 2. The van der Waals surface area contributed by atoms with Crippen molar-refractivity contribution >= 4 is 17.9 Å². The highest BCUT2D eigenvalue weighted by molar-refractivity contribution is 5.94. The van der Waals surface area contributed by atoms with Crippen LogP contribution in [0.15, 0.2) is 24.3 Å². The van der Waals surface area contributed by atoms with E-state index in [1.54, 1.807) is 12.1 Å². The second kappa shape index (κ2) is 8.68. The van der Waals surface area contributed by atoms with Gasteiger partial charge in [-0.1, -0.05) is 12.1 Å². The number of carbonyl (C=O) groups is 3. The standard InChI is InChI=1S/C14H17FN2O4/c15-11-4-1-3-10(9-11)7-8-16-14(21)17-12(18)5-2-6-13(19)20/h1,3-4,9H,2,5-8H2,(H,19,20)(H2,16,17,18,21). The molecule has 0 spiro atoms. The molecule has 21 heavy (non-hydrogen) atoms. The van der Waals surface area contributed by atoms with Crippen LogP contribution in [0.1, 0.15) is 24.8 Å². The van der Waals surface area contributed by atoms with Gasteiger partial charge in [0.25, 0.3) is 0 Å². The summed E-state index contributed by atoms with van der Waals surface area (Å²) in [6.45, 7) is 0.262. The van der Waals surface area contributed by atoms with Gasteiger partial charge in [0.2, 0.25) is 5.91 Å². The Kier molecular flexibility index (Phi) is 6.86. The van der Waals surface area contributed by atoms with Crippen molar-refractivity contribution in [1.29, 1.82) is 0 Å². The number of aliphatic carboxylic acids is 1. The summed E-state index contributed by atoms with van der Waals surface area (Å²) in [5.41, 5.74) is 0.739. The number of nitrogens with one attached hydrogen (secondary N) is 2. The average Bonchev–Trinajstić information content (AvgIpc) is 2.38. The molecule has 1 aromatic rings. The van der Waals surface area contributed by atoms with E-state index in [0.717, 1.165) is 5.56 Å². The molecule has 0 aromatic heterocycles. The van der Waals surface area contributed by atoms with Gasteiger partial charge < -0.3 is 10.4 Å². The number of carboxylic acid groups (broad SMARTS) is 1. The Morgan fingerprint density at radius 1 is 1.19 bits per heavy atom. The van der Waals surface area contributed by atoms with Crippen LogP contribution in [0.4, 0.5) is 9.18 Å². The molecule has 3 N–H and O–H groups in total. The molecule has 0 saturated heterocycles. The summed E-state index contributed by atoms with van der Waals surface area (Å²) in [4.78, 5) is 32.9. The van der Waals surface area contributed by atoms with Crippen LogP contribution in [0, 0.1) is 5.82 Å². The number of carboxylic acids is 1. The van der Waals surface area contributed by atoms with Gasteiger partial charge in [0.15, 0.2) is 0 Å². The SMILES string of the molecule is O=C(O)CCCC(=O)NC(=O)NCCc1cccc(F)c1. The lowest BCUT2D eigenvalue weighted by Gasteiger charge is -2.06. The van der Waals surface area contributed by atoms with Crippen molar-refractivity contribution in [3.8, 4) is 0 Å². The fourth-order valence-corrected chi connectivity index (χ4v) is 1.65. The lowest BCUT2D eigenvalue weighted by atomic mass is 10.1. The molecule has 114 valence electrons. The van der Waals surface area contributed by atoms with Crippen LogP contribution in [0.25, 0.3) is 0 Å². The number of urea groups is 1. The van der Waals surface area contributed by atoms with Crippen LogP contribution in [-0.4, -0.2) is 29.6 Å². The molecule has 0 saturated carbocycles. The topological polar surface area (TPSA) is 95.5 Å². The molecule has 0 bridgehead atoms. The molecule has 0 heterocycles. The van der Waals surface area contributed by atoms with Crippen molar-refractivity contribution in [2.75, 3.05) is 6.54 Å². The van der Waals surface area contributed by atoms with Gasteiger partial charge in [-0.15, -0.1) is 0 Å². The summed E-state index contributed by atoms with van der Waals surface area (Å²) in [5.74, 6) is -1.85. The van der Waals surface area contributed by atoms with E-state index in [4.69, 9.17) is 5.11 Å². The third kappa shape index (κ3) is 7.66. The molecule has 0 unspecified atom stereocenters. The zero-order valence-electron chi connectivity index (χ0n) is 11.4. The van der Waals surface area contributed by atoms with Crippen molar-refractivity contribution < 1.29 is 23.9 Å². The van der Waals surface area contributed by atoms with Gasteiger partial charge in [-0.25, -0.2) is 9.18 Å². The number of rotatable bonds is 7. The highest BCUT2D eigenvalue weighted by atomic mass is 19.1. The van der Waals surface area contributed by atoms with Gasteiger partial charge in [0.1, 0.15) is 5.82 Å². The fourth-order valence-electron chi connectivity index (χ4n) is 1.65. The van der Waals surface area contributed by atoms with Gasteiger partial charge in [-0.3, -0.25) is 14.9 Å². The van der Waals surface area contributed by atoms with Crippen LogP contribution >= 0.6 is 0 Å². The van der Waals surface area contributed by atoms with Crippen LogP contribution in [0.2, 0.25) is 0 Å². The number of benzene rings is 1. The number of halogens is 1. The maximum atomic E-state index is 12.9. The highest BCUT2D eigenvalue weighted by Gasteiger charge is 2.08. The first-order valence-corrected chi connectivity index (χ1v) is 6.51. The minimum absolute atomic E-state index is 0.0242. The predicted octanol–water partition coefficient (Wildman–Crippen LogP) is 1.45. The molecule has 7 heteroatoms. The Hall–Kier alpha value is -2.44. The minimum Gasteiger partial charge on any atom is -0.481 e. The monoisotopic (exact) mass is 296 g/mol. The van der Waals surface area contributed by atoms with Crippen LogP contribution in [-0.2, 0) is 16.0 Å². The molecule has 0 radical (unpaired) electrons. The largest absolute Gasteiger partial charge is 0.481 e. The maximum Gasteiger partial charge on any atom is 0.321 e. The summed E-state index contributed by atoms with van der Waals surface area (Å²) in [6, 6.07) is 5.37. The Morgan fingerprint density at radius 2 is 1.95 bits per heavy atom. The smallest absolute Gasteiger partial charge is 0.321 e. The maximum absolute atomic E-state index is 12.9. The van der Waals surface area contributed by atoms with E-state index in [1.165, 1.54) is 12.1 Å². The Balaban J connectivity index is 2.19. The van der Waals surface area contributed by atoms with E-state index in [2.05, 4.69) is 10.6 Å². The number of hydrogen-bond donors (Lipinski definition) is 3. The van der Waals surface area contributed by atoms with Gasteiger partial charge >= 0.3 is 12.0 Å². The lowest BCUT2D eigenvalue weighted by Crippen LogP contribution is -2.40. The normalized spacial score (nSPS) is 9.95. The zero-order chi connectivity index (χ0) is 15.7. The summed E-state index contributed by atoms with van der Waals surface area (Å²) < 4.78 is 12.9. The summed E-state index contributed by atoms with van der Waals surface area (Å²) in [7, 11) is 0. The molecule has 3 amide bonds. The Labute approximate surface area is 121 Å². The summed E-state index contributed by atoms with van der Waals surface area (Å²) in [5, 5.41) is 13.0. The Morgan fingerprint density at radius 3 is 2.62 bits per heavy atom. The van der Waals surface area contributed by atoms with Crippen LogP contribution in [0.5, 0.6) is 0 Å². The van der Waals surface area contributed by atoms with Crippen molar-refractivity contribution in [2.45, 2.75) is 25.7 Å². The third-order valence-electron chi connectivity index (χ3n) is 2.64. The average molecular weight is 296 g/mol. The zero-order valence-corrected chi connectivity index (χ0v) is 11.4. The molecule has 0 fully saturated rings. The molecular formula is C14H17FN2O4. The Bertz CT molecular complexity index is 519. The minimum atomic E-state index is -0.984. The van der Waals surface area contributed by atoms with Gasteiger partial charge in [-0.2, -0.15) is 0 Å². The van der Waals surface area contributed by atoms with E-state index in [-0.39, 0.29) is 31.6 Å². The van der Waals surface area contributed by atoms with Crippen molar-refractivity contribution in [1.82, 2.24) is 10.6 Å². The molecule has 0 aliphatic heterocycles. The van der Waals surface area contributed by atoms with E-state index in [9.17, 15) is 18.8 Å². The summed E-state index contributed by atoms with van der Waals surface area (Å²) >= 11 is 0.